The second kappa shape index (κ2) is 27.9. The second-order valence-electron chi connectivity index (χ2n) is 8.25. The molecule has 0 heterocycles. The molecule has 0 aromatic heterocycles. The third-order valence-electron chi connectivity index (χ3n) is 5.41. The van der Waals surface area contributed by atoms with Gasteiger partial charge < -0.3 is 0 Å². The van der Waals surface area contributed by atoms with Gasteiger partial charge >= 0.3 is 197 Å². The minimum atomic E-state index is 0.0241. The first-order valence-corrected chi connectivity index (χ1v) is 24.4. The van der Waals surface area contributed by atoms with E-state index in [2.05, 4.69) is 20.0 Å². The number of unbranched alkanes of at least 4 members (excludes halogenated alkanes) is 18. The molecule has 4 radical (unpaired) electrons. The molecule has 0 rings (SSSR count). The summed E-state index contributed by atoms with van der Waals surface area (Å²) in [5.41, 5.74) is 0. The van der Waals surface area contributed by atoms with Crippen LogP contribution in [-0.4, -0.2) is 39.5 Å². The summed E-state index contributed by atoms with van der Waals surface area (Å²) >= 11 is 0.0483. The first kappa shape index (κ1) is 28.9. The van der Waals surface area contributed by atoms with Crippen molar-refractivity contribution >= 4 is 45.6 Å². The van der Waals surface area contributed by atoms with Gasteiger partial charge in [-0.2, -0.15) is 0 Å². The van der Waals surface area contributed by atoms with E-state index in [-0.39, 0.29) is 39.5 Å². The van der Waals surface area contributed by atoms with E-state index < -0.39 is 0 Å². The van der Waals surface area contributed by atoms with Crippen LogP contribution >= 0.6 is 6.13 Å². The van der Waals surface area contributed by atoms with Crippen molar-refractivity contribution in [3.63, 3.8) is 0 Å². The molecule has 0 aliphatic carbocycles. The molecule has 0 aliphatic heterocycles. The van der Waals surface area contributed by atoms with E-state index in [1.165, 1.54) is 103 Å². The van der Waals surface area contributed by atoms with Crippen molar-refractivity contribution in [2.24, 2.45) is 0 Å². The molecule has 0 amide bonds. The summed E-state index contributed by atoms with van der Waals surface area (Å²) in [7, 11) is 0. The van der Waals surface area contributed by atoms with Crippen LogP contribution in [0.5, 0.6) is 0 Å². The Bertz CT molecular complexity index is 225. The predicted molar refractivity (Wildman–Crippen MR) is 132 cm³/mol. The van der Waals surface area contributed by atoms with Crippen LogP contribution in [0.25, 0.3) is 0 Å². The summed E-state index contributed by atoms with van der Waals surface area (Å²) in [5, 5.41) is 0. The van der Waals surface area contributed by atoms with Crippen molar-refractivity contribution in [1.82, 2.24) is 0 Å². The van der Waals surface area contributed by atoms with Crippen LogP contribution in [0.1, 0.15) is 142 Å². The van der Waals surface area contributed by atoms with Gasteiger partial charge in [-0.15, -0.1) is 0 Å². The Kier molecular flexibility index (Phi) is 30.0. The topological polar surface area (TPSA) is 0 Å². The second-order valence-corrected chi connectivity index (χ2v) is 30.3. The zero-order valence-corrected chi connectivity index (χ0v) is 25.5. The van der Waals surface area contributed by atoms with Gasteiger partial charge in [-0.25, -0.2) is 0 Å². The molecule has 0 N–H and O–H groups in total. The third-order valence-corrected chi connectivity index (χ3v) is 30.7. The third kappa shape index (κ3) is 27.9. The van der Waals surface area contributed by atoms with Gasteiger partial charge in [0, 0.05) is 0 Å². The SMILES string of the molecule is CCCCCCCCCCC[CH2][Sn][S][Sn][CH2]CCCCCCCCCCC. The van der Waals surface area contributed by atoms with Gasteiger partial charge in [0.1, 0.15) is 0 Å². The van der Waals surface area contributed by atoms with Gasteiger partial charge in [0.15, 0.2) is 0 Å². The Morgan fingerprint density at radius 2 is 0.630 bits per heavy atom. The molecule has 0 spiro atoms. The summed E-state index contributed by atoms with van der Waals surface area (Å²) in [5.74, 6) is 0. The molecule has 0 aliphatic rings. The monoisotopic (exact) mass is 610 g/mol. The molecule has 0 fully saturated rings. The molecule has 27 heavy (non-hydrogen) atoms. The van der Waals surface area contributed by atoms with Crippen molar-refractivity contribution in [2.45, 2.75) is 151 Å². The van der Waals surface area contributed by atoms with Gasteiger partial charge in [0.05, 0.1) is 0 Å². The molecular weight excluding hydrogens is 558 g/mol. The van der Waals surface area contributed by atoms with Crippen LogP contribution in [0.3, 0.4) is 0 Å². The molecule has 0 aromatic rings. The van der Waals surface area contributed by atoms with Gasteiger partial charge in [-0.05, 0) is 0 Å². The van der Waals surface area contributed by atoms with E-state index in [4.69, 9.17) is 0 Å². The first-order valence-electron chi connectivity index (χ1n) is 12.5. The van der Waals surface area contributed by atoms with E-state index in [1.54, 1.807) is 34.6 Å². The summed E-state index contributed by atoms with van der Waals surface area (Å²) in [6, 6.07) is 0. The molecule has 3 heteroatoms. The average Bonchev–Trinajstić information content (AvgIpc) is 2.68. The van der Waals surface area contributed by atoms with Crippen LogP contribution in [0.15, 0.2) is 0 Å². The fourth-order valence-corrected chi connectivity index (χ4v) is 28.2. The minimum absolute atomic E-state index is 0.0241. The molecule has 0 unspecified atom stereocenters. The summed E-state index contributed by atoms with van der Waals surface area (Å²) in [4.78, 5) is 0. The fraction of sp³-hybridized carbons (Fsp3) is 1.00. The van der Waals surface area contributed by atoms with Gasteiger partial charge in [0.2, 0.25) is 0 Å². The maximum absolute atomic E-state index is 2.55. The van der Waals surface area contributed by atoms with Crippen LogP contribution in [0.2, 0.25) is 8.87 Å². The van der Waals surface area contributed by atoms with E-state index >= 15 is 0 Å². The number of hydrogen-bond donors (Lipinski definition) is 0. The van der Waals surface area contributed by atoms with Gasteiger partial charge in [-0.3, -0.25) is 0 Å². The normalized spacial score (nSPS) is 11.3. The summed E-state index contributed by atoms with van der Waals surface area (Å²) < 4.78 is 3.34. The Hall–Kier alpha value is 1.95. The zero-order chi connectivity index (χ0) is 19.7. The Labute approximate surface area is 195 Å². The quantitative estimate of drug-likeness (QED) is 0.0777. The van der Waals surface area contributed by atoms with Crippen LogP contribution in [0, 0.1) is 0 Å². The van der Waals surface area contributed by atoms with Crippen molar-refractivity contribution in [1.29, 1.82) is 0 Å². The Balaban J connectivity index is 2.95. The zero-order valence-electron chi connectivity index (χ0n) is 19.0. The standard InChI is InChI=1S/2C12H25.S.2Sn/c2*1-3-5-7-9-11-12-10-8-6-4-2;;;/h2*1,3-12H2,2H3;;;. The van der Waals surface area contributed by atoms with Crippen molar-refractivity contribution in [3.05, 3.63) is 0 Å². The Morgan fingerprint density at radius 1 is 0.370 bits per heavy atom. The average molecular weight is 608 g/mol. The molecule has 0 nitrogen and oxygen atoms in total. The molecule has 0 saturated heterocycles. The predicted octanol–water partition coefficient (Wildman–Crippen LogP) is 9.64. The molecular formula is C24H50SSn2. The number of rotatable bonds is 24. The maximum atomic E-state index is 2.55. The van der Waals surface area contributed by atoms with E-state index in [1.807, 2.05) is 0 Å². The van der Waals surface area contributed by atoms with Gasteiger partial charge in [-0.1, -0.05) is 0 Å². The molecule has 0 atom stereocenters. The van der Waals surface area contributed by atoms with Gasteiger partial charge in [0.25, 0.3) is 0 Å². The van der Waals surface area contributed by atoms with Crippen molar-refractivity contribution in [3.8, 4) is 0 Å². The van der Waals surface area contributed by atoms with E-state index in [9.17, 15) is 0 Å². The van der Waals surface area contributed by atoms with Crippen LogP contribution in [0.4, 0.5) is 0 Å². The van der Waals surface area contributed by atoms with Crippen LogP contribution in [-0.2, 0) is 0 Å². The summed E-state index contributed by atoms with van der Waals surface area (Å²) in [6.45, 7) is 4.62. The van der Waals surface area contributed by atoms with E-state index in [0.717, 1.165) is 0 Å². The fourth-order valence-electron chi connectivity index (χ4n) is 3.52. The molecule has 0 bridgehead atoms. The number of hydrogen-bond acceptors (Lipinski definition) is 1. The molecule has 160 valence electrons. The molecule has 0 saturated carbocycles. The van der Waals surface area contributed by atoms with Crippen molar-refractivity contribution < 1.29 is 0 Å². The Morgan fingerprint density at radius 3 is 0.926 bits per heavy atom. The summed E-state index contributed by atoms with van der Waals surface area (Å²) in [6.07, 6.45) is 32.5. The molecule has 0 aromatic carbocycles. The first-order chi connectivity index (χ1) is 13.4. The van der Waals surface area contributed by atoms with E-state index in [0.29, 0.717) is 0 Å². The van der Waals surface area contributed by atoms with Crippen LogP contribution < -0.4 is 0 Å². The van der Waals surface area contributed by atoms with Crippen molar-refractivity contribution in [2.75, 3.05) is 0 Å².